The van der Waals surface area contributed by atoms with E-state index in [1.807, 2.05) is 24.4 Å². The molecule has 0 bridgehead atoms. The van der Waals surface area contributed by atoms with Crippen LogP contribution in [0.25, 0.3) is 0 Å². The molecule has 2 aromatic carbocycles. The Labute approximate surface area is 200 Å². The lowest BCUT2D eigenvalue weighted by Crippen LogP contribution is -2.59. The van der Waals surface area contributed by atoms with Gasteiger partial charge in [0, 0.05) is 16.0 Å². The van der Waals surface area contributed by atoms with E-state index in [0.717, 1.165) is 21.3 Å². The molecule has 1 aliphatic rings. The molecule has 1 aliphatic heterocycles. The molecule has 1 N–H and O–H groups in total. The second-order valence-electron chi connectivity index (χ2n) is 8.01. The normalized spacial score (nSPS) is 14.4. The Morgan fingerprint density at radius 1 is 1.15 bits per heavy atom. The fourth-order valence-corrected chi connectivity index (χ4v) is 5.00. The number of thiazole rings is 1. The van der Waals surface area contributed by atoms with Gasteiger partial charge in [0.25, 0.3) is 5.91 Å². The first kappa shape index (κ1) is 23.0. The van der Waals surface area contributed by atoms with Crippen LogP contribution < -0.4 is 10.2 Å². The maximum absolute atomic E-state index is 13.0. The molecule has 2 amide bonds. The molecule has 0 saturated heterocycles. The number of esters is 1. The van der Waals surface area contributed by atoms with Crippen molar-refractivity contribution in [3.8, 4) is 0 Å². The van der Waals surface area contributed by atoms with E-state index in [1.54, 1.807) is 73.3 Å². The number of amides is 2. The fourth-order valence-electron chi connectivity index (χ4n) is 3.49. The number of aromatic nitrogens is 1. The number of nitrogens with zero attached hydrogens (tertiary/aromatic N) is 2. The Bertz CT molecular complexity index is 1200. The second-order valence-corrected chi connectivity index (χ2v) is 10.1. The molecule has 0 aliphatic carbocycles. The number of rotatable bonds is 6. The first-order chi connectivity index (χ1) is 15.8. The SMILES string of the molecule is Cc1nc(CSc2ccc(C(=O)OCC(=O)N3c4ccccc4NC(=O)C3(C)C)cc2)cs1. The van der Waals surface area contributed by atoms with Gasteiger partial charge in [0.1, 0.15) is 5.54 Å². The summed E-state index contributed by atoms with van der Waals surface area (Å²) < 4.78 is 5.28. The monoisotopic (exact) mass is 481 g/mol. The van der Waals surface area contributed by atoms with Gasteiger partial charge in [-0.25, -0.2) is 9.78 Å². The molecule has 3 aromatic rings. The molecule has 1 aromatic heterocycles. The largest absolute Gasteiger partial charge is 0.452 e. The summed E-state index contributed by atoms with van der Waals surface area (Å²) in [5.74, 6) is -0.616. The number of fused-ring (bicyclic) bond motifs is 1. The van der Waals surface area contributed by atoms with Crippen molar-refractivity contribution >= 4 is 52.3 Å². The van der Waals surface area contributed by atoms with Crippen molar-refractivity contribution in [3.05, 3.63) is 70.2 Å². The number of benzene rings is 2. The minimum atomic E-state index is -1.12. The van der Waals surface area contributed by atoms with Gasteiger partial charge in [-0.05, 0) is 57.2 Å². The number of nitrogens with one attached hydrogen (secondary N) is 1. The van der Waals surface area contributed by atoms with Crippen LogP contribution in [0.2, 0.25) is 0 Å². The van der Waals surface area contributed by atoms with Crippen LogP contribution in [0.15, 0.2) is 58.8 Å². The van der Waals surface area contributed by atoms with E-state index in [2.05, 4.69) is 10.3 Å². The first-order valence-corrected chi connectivity index (χ1v) is 12.2. The number of hydrogen-bond donors (Lipinski definition) is 1. The Balaban J connectivity index is 1.38. The Morgan fingerprint density at radius 2 is 1.88 bits per heavy atom. The van der Waals surface area contributed by atoms with Gasteiger partial charge in [0.15, 0.2) is 6.61 Å². The van der Waals surface area contributed by atoms with Gasteiger partial charge in [-0.1, -0.05) is 12.1 Å². The van der Waals surface area contributed by atoms with Gasteiger partial charge in [-0.15, -0.1) is 23.1 Å². The lowest BCUT2D eigenvalue weighted by atomic mass is 9.96. The van der Waals surface area contributed by atoms with Crippen molar-refractivity contribution in [2.24, 2.45) is 0 Å². The summed E-state index contributed by atoms with van der Waals surface area (Å²) in [7, 11) is 0. The van der Waals surface area contributed by atoms with Gasteiger partial charge < -0.3 is 10.1 Å². The van der Waals surface area contributed by atoms with E-state index >= 15 is 0 Å². The second kappa shape index (κ2) is 9.36. The summed E-state index contributed by atoms with van der Waals surface area (Å²) in [6.07, 6.45) is 0. The van der Waals surface area contributed by atoms with E-state index in [0.29, 0.717) is 16.9 Å². The van der Waals surface area contributed by atoms with Crippen LogP contribution in [0.4, 0.5) is 11.4 Å². The van der Waals surface area contributed by atoms with Crippen LogP contribution in [0, 0.1) is 6.92 Å². The molecule has 33 heavy (non-hydrogen) atoms. The maximum atomic E-state index is 13.0. The molecule has 0 saturated carbocycles. The summed E-state index contributed by atoms with van der Waals surface area (Å²) in [5, 5.41) is 5.88. The zero-order valence-corrected chi connectivity index (χ0v) is 20.1. The lowest BCUT2D eigenvalue weighted by Gasteiger charge is -2.41. The molecule has 7 nitrogen and oxygen atoms in total. The summed E-state index contributed by atoms with van der Waals surface area (Å²) in [5.41, 5.74) is 1.38. The number of thioether (sulfide) groups is 1. The fraction of sp³-hybridized carbons (Fsp3) is 0.250. The smallest absolute Gasteiger partial charge is 0.338 e. The van der Waals surface area contributed by atoms with Gasteiger partial charge >= 0.3 is 5.97 Å². The third-order valence-corrected chi connectivity index (χ3v) is 7.10. The quantitative estimate of drug-likeness (QED) is 0.407. The summed E-state index contributed by atoms with van der Waals surface area (Å²) in [6.45, 7) is 4.82. The van der Waals surface area contributed by atoms with Crippen LogP contribution in [-0.2, 0) is 20.1 Å². The standard InChI is InChI=1S/C24H23N3O4S2/c1-15-25-17(13-32-15)14-33-18-10-8-16(9-11-18)22(29)31-12-21(28)27-20-7-5-4-6-19(20)26-23(30)24(27,2)3/h4-11,13H,12,14H2,1-3H3,(H,26,30). The number of carbonyl (C=O) groups is 3. The summed E-state index contributed by atoms with van der Waals surface area (Å²) >= 11 is 3.25. The Morgan fingerprint density at radius 3 is 2.58 bits per heavy atom. The molecule has 170 valence electrons. The van der Waals surface area contributed by atoms with E-state index in [1.165, 1.54) is 4.90 Å². The average molecular weight is 482 g/mol. The minimum Gasteiger partial charge on any atom is -0.452 e. The molecule has 0 unspecified atom stereocenters. The van der Waals surface area contributed by atoms with E-state index in [-0.39, 0.29) is 5.91 Å². The van der Waals surface area contributed by atoms with Crippen molar-refractivity contribution in [1.82, 2.24) is 4.98 Å². The molecule has 0 spiro atoms. The minimum absolute atomic E-state index is 0.304. The molecule has 0 radical (unpaired) electrons. The molecular formula is C24H23N3O4S2. The zero-order chi connectivity index (χ0) is 23.6. The first-order valence-electron chi connectivity index (χ1n) is 10.3. The van der Waals surface area contributed by atoms with Crippen molar-refractivity contribution in [3.63, 3.8) is 0 Å². The highest BCUT2D eigenvalue weighted by molar-refractivity contribution is 7.98. The average Bonchev–Trinajstić information content (AvgIpc) is 3.22. The molecule has 0 atom stereocenters. The third kappa shape index (κ3) is 4.94. The summed E-state index contributed by atoms with van der Waals surface area (Å²) in [4.78, 5) is 44.8. The number of aryl methyl sites for hydroxylation is 1. The Kier molecular flexibility index (Phi) is 6.53. The van der Waals surface area contributed by atoms with Crippen molar-refractivity contribution in [2.75, 3.05) is 16.8 Å². The molecule has 4 rings (SSSR count). The third-order valence-electron chi connectivity index (χ3n) is 5.23. The maximum Gasteiger partial charge on any atom is 0.338 e. The van der Waals surface area contributed by atoms with Gasteiger partial charge in [-0.3, -0.25) is 14.5 Å². The highest BCUT2D eigenvalue weighted by atomic mass is 32.2. The van der Waals surface area contributed by atoms with Crippen LogP contribution in [0.3, 0.4) is 0 Å². The van der Waals surface area contributed by atoms with Gasteiger partial charge in [0.2, 0.25) is 5.91 Å². The number of ether oxygens (including phenoxy) is 1. The van der Waals surface area contributed by atoms with Crippen LogP contribution in [-0.4, -0.2) is 34.9 Å². The topological polar surface area (TPSA) is 88.6 Å². The number of para-hydroxylation sites is 2. The number of anilines is 2. The van der Waals surface area contributed by atoms with Gasteiger partial charge in [-0.2, -0.15) is 0 Å². The Hall–Kier alpha value is -3.17. The van der Waals surface area contributed by atoms with E-state index in [9.17, 15) is 14.4 Å². The molecule has 2 heterocycles. The number of hydrogen-bond acceptors (Lipinski definition) is 7. The van der Waals surface area contributed by atoms with E-state index in [4.69, 9.17) is 4.74 Å². The predicted molar refractivity (Wildman–Crippen MR) is 130 cm³/mol. The van der Waals surface area contributed by atoms with Crippen molar-refractivity contribution in [1.29, 1.82) is 0 Å². The van der Waals surface area contributed by atoms with Crippen LogP contribution >= 0.6 is 23.1 Å². The van der Waals surface area contributed by atoms with Gasteiger partial charge in [0.05, 0.1) is 27.6 Å². The summed E-state index contributed by atoms with van der Waals surface area (Å²) in [6, 6.07) is 14.1. The predicted octanol–water partition coefficient (Wildman–Crippen LogP) is 4.66. The highest BCUT2D eigenvalue weighted by Gasteiger charge is 2.43. The molecule has 9 heteroatoms. The van der Waals surface area contributed by atoms with E-state index < -0.39 is 24.0 Å². The van der Waals surface area contributed by atoms with Crippen molar-refractivity contribution in [2.45, 2.75) is 37.0 Å². The zero-order valence-electron chi connectivity index (χ0n) is 18.5. The highest BCUT2D eigenvalue weighted by Crippen LogP contribution is 2.36. The van der Waals surface area contributed by atoms with Crippen LogP contribution in [0.1, 0.15) is 34.9 Å². The lowest BCUT2D eigenvalue weighted by molar-refractivity contribution is -0.128. The molecule has 0 fully saturated rings. The molecular weight excluding hydrogens is 458 g/mol. The number of carbonyl (C=O) groups excluding carboxylic acids is 3. The van der Waals surface area contributed by atoms with Crippen molar-refractivity contribution < 1.29 is 19.1 Å². The van der Waals surface area contributed by atoms with Crippen LogP contribution in [0.5, 0.6) is 0 Å².